The van der Waals surface area contributed by atoms with E-state index < -0.39 is 0 Å². The molecule has 1 N–H and O–H groups in total. The van der Waals surface area contributed by atoms with Gasteiger partial charge in [-0.3, -0.25) is 0 Å². The van der Waals surface area contributed by atoms with Crippen LogP contribution in [-0.4, -0.2) is 29.7 Å². The van der Waals surface area contributed by atoms with Gasteiger partial charge in [0.2, 0.25) is 5.28 Å². The minimum Gasteiger partial charge on any atom is -0.379 e. The van der Waals surface area contributed by atoms with E-state index in [4.69, 9.17) is 16.3 Å². The van der Waals surface area contributed by atoms with Gasteiger partial charge in [-0.1, -0.05) is 13.8 Å². The van der Waals surface area contributed by atoms with Crippen LogP contribution in [-0.2, 0) is 4.74 Å². The van der Waals surface area contributed by atoms with Crippen LogP contribution in [0.4, 0.5) is 5.82 Å². The fourth-order valence-corrected chi connectivity index (χ4v) is 1.49. The first-order valence-electron chi connectivity index (χ1n) is 5.09. The molecule has 90 valence electrons. The fraction of sp³-hybridized carbons (Fsp3) is 0.600. The second kappa shape index (κ2) is 7.04. The summed E-state index contributed by atoms with van der Waals surface area (Å²) in [6.45, 7) is 6.35. The zero-order valence-corrected chi connectivity index (χ0v) is 11.7. The van der Waals surface area contributed by atoms with E-state index in [0.29, 0.717) is 24.9 Å². The summed E-state index contributed by atoms with van der Waals surface area (Å²) in [4.78, 5) is 7.89. The van der Waals surface area contributed by atoms with E-state index in [1.165, 1.54) is 0 Å². The van der Waals surface area contributed by atoms with Gasteiger partial charge in [0.1, 0.15) is 5.82 Å². The molecule has 16 heavy (non-hydrogen) atoms. The lowest BCUT2D eigenvalue weighted by atomic mass is 10.2. The lowest BCUT2D eigenvalue weighted by molar-refractivity contribution is 0.118. The van der Waals surface area contributed by atoms with E-state index in [2.05, 4.69) is 45.1 Å². The van der Waals surface area contributed by atoms with Crippen molar-refractivity contribution < 1.29 is 4.74 Å². The predicted octanol–water partition coefficient (Wildman–Crippen LogP) is 2.98. The topological polar surface area (TPSA) is 47.0 Å². The van der Waals surface area contributed by atoms with E-state index in [0.717, 1.165) is 11.1 Å². The first-order chi connectivity index (χ1) is 7.59. The number of hydrogen-bond acceptors (Lipinski definition) is 4. The van der Waals surface area contributed by atoms with Gasteiger partial charge >= 0.3 is 0 Å². The predicted molar refractivity (Wildman–Crippen MR) is 68.9 cm³/mol. The van der Waals surface area contributed by atoms with Gasteiger partial charge in [-0.15, -0.1) is 0 Å². The Hall–Kier alpha value is -0.390. The lowest BCUT2D eigenvalue weighted by Crippen LogP contribution is -2.13. The summed E-state index contributed by atoms with van der Waals surface area (Å²) in [5.41, 5.74) is 0. The summed E-state index contributed by atoms with van der Waals surface area (Å²) in [6.07, 6.45) is 1.62. The van der Waals surface area contributed by atoms with Crippen molar-refractivity contribution in [2.75, 3.05) is 25.1 Å². The summed E-state index contributed by atoms with van der Waals surface area (Å²) in [5, 5.41) is 3.35. The van der Waals surface area contributed by atoms with Crippen molar-refractivity contribution in [2.24, 2.45) is 5.92 Å². The maximum absolute atomic E-state index is 5.68. The molecule has 0 aliphatic carbocycles. The van der Waals surface area contributed by atoms with Crippen LogP contribution in [0.1, 0.15) is 13.8 Å². The van der Waals surface area contributed by atoms with Gasteiger partial charge in [-0.05, 0) is 33.4 Å². The molecule has 1 rings (SSSR count). The molecule has 0 saturated carbocycles. The van der Waals surface area contributed by atoms with Crippen LogP contribution in [0.2, 0.25) is 5.28 Å². The van der Waals surface area contributed by atoms with Crippen molar-refractivity contribution >= 4 is 33.3 Å². The van der Waals surface area contributed by atoms with Crippen LogP contribution in [0, 0.1) is 5.92 Å². The normalized spacial score (nSPS) is 10.8. The van der Waals surface area contributed by atoms with E-state index >= 15 is 0 Å². The molecule has 0 radical (unpaired) electrons. The van der Waals surface area contributed by atoms with Crippen LogP contribution in [0.3, 0.4) is 0 Å². The second-order valence-electron chi connectivity index (χ2n) is 3.73. The van der Waals surface area contributed by atoms with Gasteiger partial charge in [0.15, 0.2) is 0 Å². The third-order valence-electron chi connectivity index (χ3n) is 1.70. The van der Waals surface area contributed by atoms with Crippen LogP contribution >= 0.6 is 27.5 Å². The van der Waals surface area contributed by atoms with Crippen LogP contribution < -0.4 is 5.32 Å². The first kappa shape index (κ1) is 13.7. The number of halogens is 2. The van der Waals surface area contributed by atoms with Gasteiger partial charge in [-0.25, -0.2) is 4.98 Å². The molecule has 0 atom stereocenters. The molecule has 0 spiro atoms. The zero-order chi connectivity index (χ0) is 12.0. The van der Waals surface area contributed by atoms with E-state index in [9.17, 15) is 0 Å². The minimum atomic E-state index is 0.230. The molecule has 1 aromatic rings. The smallest absolute Gasteiger partial charge is 0.224 e. The Balaban J connectivity index is 2.29. The standard InChI is InChI=1S/C10H15BrClN3O/c1-7(2)6-16-4-3-13-9-8(11)5-14-10(12)15-9/h5,7H,3-4,6H2,1-2H3,(H,13,14,15). The first-order valence-corrected chi connectivity index (χ1v) is 6.26. The van der Waals surface area contributed by atoms with Crippen molar-refractivity contribution in [2.45, 2.75) is 13.8 Å². The Bertz CT molecular complexity index is 336. The highest BCUT2D eigenvalue weighted by atomic mass is 79.9. The Morgan fingerprint density at radius 3 is 3.00 bits per heavy atom. The molecule has 1 aromatic heterocycles. The molecular weight excluding hydrogens is 293 g/mol. The number of hydrogen-bond donors (Lipinski definition) is 1. The molecule has 4 nitrogen and oxygen atoms in total. The van der Waals surface area contributed by atoms with Gasteiger partial charge < -0.3 is 10.1 Å². The highest BCUT2D eigenvalue weighted by Gasteiger charge is 2.02. The molecule has 0 saturated heterocycles. The maximum Gasteiger partial charge on any atom is 0.224 e. The van der Waals surface area contributed by atoms with Crippen LogP contribution in [0.25, 0.3) is 0 Å². The molecule has 0 unspecified atom stereocenters. The molecule has 0 bridgehead atoms. The molecule has 0 aliphatic rings. The quantitative estimate of drug-likeness (QED) is 0.648. The number of ether oxygens (including phenoxy) is 1. The average Bonchev–Trinajstić information content (AvgIpc) is 2.22. The summed E-state index contributed by atoms with van der Waals surface area (Å²) < 4.78 is 6.23. The molecule has 0 amide bonds. The molecular formula is C10H15BrClN3O. The molecule has 0 aliphatic heterocycles. The van der Waals surface area contributed by atoms with Gasteiger partial charge in [0.25, 0.3) is 0 Å². The summed E-state index contributed by atoms with van der Waals surface area (Å²) in [6, 6.07) is 0. The Morgan fingerprint density at radius 1 is 1.56 bits per heavy atom. The lowest BCUT2D eigenvalue weighted by Gasteiger charge is -2.09. The second-order valence-corrected chi connectivity index (χ2v) is 4.92. The maximum atomic E-state index is 5.68. The highest BCUT2D eigenvalue weighted by molar-refractivity contribution is 9.10. The molecule has 1 heterocycles. The third kappa shape index (κ3) is 5.09. The number of aromatic nitrogens is 2. The number of anilines is 1. The monoisotopic (exact) mass is 307 g/mol. The molecule has 0 aromatic carbocycles. The Kier molecular flexibility index (Phi) is 6.01. The number of nitrogens with zero attached hydrogens (tertiary/aromatic N) is 2. The van der Waals surface area contributed by atoms with Gasteiger partial charge in [0.05, 0.1) is 11.1 Å². The van der Waals surface area contributed by atoms with Crippen molar-refractivity contribution in [1.29, 1.82) is 0 Å². The SMILES string of the molecule is CC(C)COCCNc1nc(Cl)ncc1Br. The summed E-state index contributed by atoms with van der Waals surface area (Å²) >= 11 is 9.02. The van der Waals surface area contributed by atoms with Crippen LogP contribution in [0.5, 0.6) is 0 Å². The summed E-state index contributed by atoms with van der Waals surface area (Å²) in [5.74, 6) is 1.24. The number of nitrogens with one attached hydrogen (secondary N) is 1. The van der Waals surface area contributed by atoms with E-state index in [1.54, 1.807) is 6.20 Å². The molecule has 6 heteroatoms. The van der Waals surface area contributed by atoms with Crippen LogP contribution in [0.15, 0.2) is 10.7 Å². The van der Waals surface area contributed by atoms with Crippen molar-refractivity contribution in [3.05, 3.63) is 16.0 Å². The highest BCUT2D eigenvalue weighted by Crippen LogP contribution is 2.19. The summed E-state index contributed by atoms with van der Waals surface area (Å²) in [7, 11) is 0. The molecule has 0 fully saturated rings. The number of rotatable bonds is 6. The van der Waals surface area contributed by atoms with Crippen molar-refractivity contribution in [1.82, 2.24) is 9.97 Å². The van der Waals surface area contributed by atoms with Crippen molar-refractivity contribution in [3.8, 4) is 0 Å². The Morgan fingerprint density at radius 2 is 2.31 bits per heavy atom. The minimum absolute atomic E-state index is 0.230. The van der Waals surface area contributed by atoms with Crippen molar-refractivity contribution in [3.63, 3.8) is 0 Å². The largest absolute Gasteiger partial charge is 0.379 e. The van der Waals surface area contributed by atoms with E-state index in [1.807, 2.05) is 0 Å². The Labute approximate surface area is 109 Å². The average molecular weight is 309 g/mol. The zero-order valence-electron chi connectivity index (χ0n) is 9.33. The van der Waals surface area contributed by atoms with E-state index in [-0.39, 0.29) is 5.28 Å². The fourth-order valence-electron chi connectivity index (χ4n) is 1.03. The van der Waals surface area contributed by atoms with Gasteiger partial charge in [0, 0.05) is 19.3 Å². The third-order valence-corrected chi connectivity index (χ3v) is 2.47. The van der Waals surface area contributed by atoms with Gasteiger partial charge in [-0.2, -0.15) is 4.98 Å².